The van der Waals surface area contributed by atoms with Crippen LogP contribution in [0.4, 0.5) is 5.69 Å². The first-order valence-corrected chi connectivity index (χ1v) is 12.0. The third kappa shape index (κ3) is 4.33. The second-order valence-corrected chi connectivity index (χ2v) is 10.7. The van der Waals surface area contributed by atoms with E-state index in [1.54, 1.807) is 7.11 Å². The number of hydrogen-bond donors (Lipinski definition) is 0. The summed E-state index contributed by atoms with van der Waals surface area (Å²) in [5.41, 5.74) is 2.82. The van der Waals surface area contributed by atoms with E-state index in [2.05, 4.69) is 4.99 Å². The molecule has 2 atom stereocenters. The fraction of sp³-hybridized carbons (Fsp3) is 0.333. The number of amides is 1. The molecule has 0 radical (unpaired) electrons. The number of fused-ring (bicyclic) bond motifs is 1. The SMILES string of the molecule is COc1ccc(N2C(=NC(=O)Cc3cccc(C)c3)SC3CS(=O)(=O)CC32)cc1. The van der Waals surface area contributed by atoms with Gasteiger partial charge in [0, 0.05) is 10.9 Å². The molecule has 2 aromatic carbocycles. The number of carbonyl (C=O) groups is 1. The highest BCUT2D eigenvalue weighted by atomic mass is 32.2. The first-order chi connectivity index (χ1) is 13.8. The lowest BCUT2D eigenvalue weighted by Crippen LogP contribution is -2.37. The number of benzene rings is 2. The maximum atomic E-state index is 12.6. The number of anilines is 1. The molecule has 0 spiro atoms. The van der Waals surface area contributed by atoms with Crippen LogP contribution in [0.25, 0.3) is 0 Å². The molecule has 2 unspecified atom stereocenters. The van der Waals surface area contributed by atoms with Crippen molar-refractivity contribution in [1.82, 2.24) is 0 Å². The van der Waals surface area contributed by atoms with Crippen LogP contribution < -0.4 is 9.64 Å². The normalized spacial score (nSPS) is 23.9. The van der Waals surface area contributed by atoms with E-state index < -0.39 is 9.84 Å². The molecule has 8 heteroatoms. The first-order valence-electron chi connectivity index (χ1n) is 9.32. The highest BCUT2D eigenvalue weighted by Crippen LogP contribution is 2.41. The van der Waals surface area contributed by atoms with Crippen LogP contribution in [-0.2, 0) is 21.1 Å². The Morgan fingerprint density at radius 2 is 1.97 bits per heavy atom. The molecule has 4 rings (SSSR count). The summed E-state index contributed by atoms with van der Waals surface area (Å²) in [5.74, 6) is 0.659. The number of amidine groups is 1. The Balaban J connectivity index is 1.63. The van der Waals surface area contributed by atoms with Crippen LogP contribution in [0.5, 0.6) is 5.75 Å². The summed E-state index contributed by atoms with van der Waals surface area (Å²) in [7, 11) is -1.50. The van der Waals surface area contributed by atoms with Crippen LogP contribution >= 0.6 is 11.8 Å². The molecule has 2 aliphatic rings. The minimum absolute atomic E-state index is 0.0712. The van der Waals surface area contributed by atoms with Gasteiger partial charge in [0.1, 0.15) is 5.75 Å². The molecule has 29 heavy (non-hydrogen) atoms. The van der Waals surface area contributed by atoms with Gasteiger partial charge in [-0.25, -0.2) is 8.42 Å². The lowest BCUT2D eigenvalue weighted by atomic mass is 10.1. The number of rotatable bonds is 4. The molecule has 2 aromatic rings. The highest BCUT2D eigenvalue weighted by Gasteiger charge is 2.49. The number of ether oxygens (including phenoxy) is 1. The van der Waals surface area contributed by atoms with Crippen molar-refractivity contribution in [3.05, 3.63) is 59.7 Å². The standard InChI is InChI=1S/C21H22N2O4S2/c1-14-4-3-5-15(10-14)11-20(24)22-21-23(16-6-8-17(27-2)9-7-16)18-12-29(25,26)13-19(18)28-21/h3-10,18-19H,11-13H2,1-2H3. The zero-order valence-electron chi connectivity index (χ0n) is 16.2. The van der Waals surface area contributed by atoms with Crippen LogP contribution in [-0.4, -0.2) is 49.4 Å². The van der Waals surface area contributed by atoms with Gasteiger partial charge in [0.05, 0.1) is 31.1 Å². The predicted molar refractivity (Wildman–Crippen MR) is 117 cm³/mol. The van der Waals surface area contributed by atoms with E-state index in [-0.39, 0.29) is 35.1 Å². The Morgan fingerprint density at radius 3 is 2.66 bits per heavy atom. The summed E-state index contributed by atoms with van der Waals surface area (Å²) in [4.78, 5) is 18.9. The Labute approximate surface area is 174 Å². The number of sulfone groups is 1. The van der Waals surface area contributed by atoms with Gasteiger partial charge in [-0.05, 0) is 36.8 Å². The minimum atomic E-state index is -3.09. The summed E-state index contributed by atoms with van der Waals surface area (Å²) < 4.78 is 29.5. The van der Waals surface area contributed by atoms with Crippen molar-refractivity contribution in [2.24, 2.45) is 4.99 Å². The van der Waals surface area contributed by atoms with Gasteiger partial charge in [0.25, 0.3) is 5.91 Å². The molecule has 0 bridgehead atoms. The fourth-order valence-corrected chi connectivity index (χ4v) is 7.68. The number of aryl methyl sites for hydroxylation is 1. The molecule has 2 fully saturated rings. The van der Waals surface area contributed by atoms with E-state index in [9.17, 15) is 13.2 Å². The zero-order chi connectivity index (χ0) is 20.6. The molecular formula is C21H22N2O4S2. The topological polar surface area (TPSA) is 76.0 Å². The van der Waals surface area contributed by atoms with Gasteiger partial charge in [-0.2, -0.15) is 4.99 Å². The Kier molecular flexibility index (Phi) is 5.40. The van der Waals surface area contributed by atoms with Crippen molar-refractivity contribution in [2.75, 3.05) is 23.5 Å². The van der Waals surface area contributed by atoms with Crippen LogP contribution in [0.15, 0.2) is 53.5 Å². The summed E-state index contributed by atoms with van der Waals surface area (Å²) in [6, 6.07) is 15.0. The molecular weight excluding hydrogens is 408 g/mol. The molecule has 1 amide bonds. The van der Waals surface area contributed by atoms with Gasteiger partial charge >= 0.3 is 0 Å². The average molecular weight is 431 g/mol. The van der Waals surface area contributed by atoms with Crippen LogP contribution in [0.2, 0.25) is 0 Å². The summed E-state index contributed by atoms with van der Waals surface area (Å²) in [5, 5.41) is 0.449. The first kappa shape index (κ1) is 20.0. The average Bonchev–Trinajstić information content (AvgIpc) is 3.12. The minimum Gasteiger partial charge on any atom is -0.497 e. The third-order valence-corrected chi connectivity index (χ3v) is 8.29. The zero-order valence-corrected chi connectivity index (χ0v) is 17.9. The molecule has 2 aliphatic heterocycles. The van der Waals surface area contributed by atoms with E-state index in [0.717, 1.165) is 16.8 Å². The molecule has 2 saturated heterocycles. The van der Waals surface area contributed by atoms with Gasteiger partial charge in [-0.1, -0.05) is 41.6 Å². The van der Waals surface area contributed by atoms with Crippen LogP contribution in [0.3, 0.4) is 0 Å². The number of hydrogen-bond acceptors (Lipinski definition) is 5. The number of thioether (sulfide) groups is 1. The largest absolute Gasteiger partial charge is 0.497 e. The maximum absolute atomic E-state index is 12.6. The number of carbonyl (C=O) groups excluding carboxylic acids is 1. The van der Waals surface area contributed by atoms with Crippen LogP contribution in [0.1, 0.15) is 11.1 Å². The third-order valence-electron chi connectivity index (χ3n) is 5.08. The highest BCUT2D eigenvalue weighted by molar-refractivity contribution is 8.16. The summed E-state index contributed by atoms with van der Waals surface area (Å²) in [6.07, 6.45) is 0.218. The monoisotopic (exact) mass is 430 g/mol. The van der Waals surface area contributed by atoms with E-state index in [1.807, 2.05) is 60.4 Å². The van der Waals surface area contributed by atoms with E-state index >= 15 is 0 Å². The van der Waals surface area contributed by atoms with Gasteiger partial charge in [-0.3, -0.25) is 4.79 Å². The molecule has 2 heterocycles. The van der Waals surface area contributed by atoms with Crippen molar-refractivity contribution >= 4 is 38.4 Å². The van der Waals surface area contributed by atoms with E-state index in [4.69, 9.17) is 4.74 Å². The lowest BCUT2D eigenvalue weighted by Gasteiger charge is -2.24. The molecule has 0 aliphatic carbocycles. The van der Waals surface area contributed by atoms with Crippen molar-refractivity contribution in [3.8, 4) is 5.75 Å². The predicted octanol–water partition coefficient (Wildman–Crippen LogP) is 2.85. The Hall–Kier alpha value is -2.32. The van der Waals surface area contributed by atoms with E-state index in [1.165, 1.54) is 11.8 Å². The van der Waals surface area contributed by atoms with Crippen LogP contribution in [0, 0.1) is 6.92 Å². The Morgan fingerprint density at radius 1 is 1.21 bits per heavy atom. The number of aliphatic imine (C=N–C) groups is 1. The van der Waals surface area contributed by atoms with Gasteiger partial charge < -0.3 is 9.64 Å². The molecule has 6 nitrogen and oxygen atoms in total. The lowest BCUT2D eigenvalue weighted by molar-refractivity contribution is -0.117. The van der Waals surface area contributed by atoms with Crippen molar-refractivity contribution in [3.63, 3.8) is 0 Å². The summed E-state index contributed by atoms with van der Waals surface area (Å²) >= 11 is 1.38. The van der Waals surface area contributed by atoms with Gasteiger partial charge in [-0.15, -0.1) is 0 Å². The molecule has 152 valence electrons. The van der Waals surface area contributed by atoms with Gasteiger partial charge in [0.15, 0.2) is 15.0 Å². The van der Waals surface area contributed by atoms with Crippen molar-refractivity contribution in [1.29, 1.82) is 0 Å². The quantitative estimate of drug-likeness (QED) is 0.743. The fourth-order valence-electron chi connectivity index (χ4n) is 3.75. The van der Waals surface area contributed by atoms with Gasteiger partial charge in [0.2, 0.25) is 0 Å². The van der Waals surface area contributed by atoms with Crippen molar-refractivity contribution < 1.29 is 17.9 Å². The second-order valence-electron chi connectivity index (χ2n) is 7.32. The van der Waals surface area contributed by atoms with E-state index in [0.29, 0.717) is 10.9 Å². The van der Waals surface area contributed by atoms with Crippen molar-refractivity contribution in [2.45, 2.75) is 24.6 Å². The number of nitrogens with zero attached hydrogens (tertiary/aromatic N) is 2. The molecule has 0 saturated carbocycles. The smallest absolute Gasteiger partial charge is 0.252 e. The Bertz CT molecular complexity index is 1060. The molecule has 0 N–H and O–H groups in total. The summed E-state index contributed by atoms with van der Waals surface area (Å²) in [6.45, 7) is 1.99. The second kappa shape index (κ2) is 7.84. The number of methoxy groups -OCH3 is 1. The maximum Gasteiger partial charge on any atom is 0.252 e. The molecule has 0 aromatic heterocycles.